The third kappa shape index (κ3) is 3.70. The summed E-state index contributed by atoms with van der Waals surface area (Å²) in [5, 5.41) is 2.18. The van der Waals surface area contributed by atoms with Crippen LogP contribution in [0.15, 0.2) is 11.4 Å². The van der Waals surface area contributed by atoms with Crippen LogP contribution in [0.25, 0.3) is 0 Å². The second-order valence-electron chi connectivity index (χ2n) is 3.58. The van der Waals surface area contributed by atoms with Gasteiger partial charge in [0.05, 0.1) is 4.34 Å². The maximum atomic E-state index is 5.88. The lowest BCUT2D eigenvalue weighted by atomic mass is 9.98. The van der Waals surface area contributed by atoms with Gasteiger partial charge < -0.3 is 0 Å². The number of rotatable bonds is 5. The quantitative estimate of drug-likeness (QED) is 0.602. The van der Waals surface area contributed by atoms with Crippen molar-refractivity contribution in [3.8, 4) is 0 Å². The van der Waals surface area contributed by atoms with E-state index in [0.29, 0.717) is 5.92 Å². The molecule has 2 heteroatoms. The van der Waals surface area contributed by atoms with Gasteiger partial charge in [-0.2, -0.15) is 0 Å². The summed E-state index contributed by atoms with van der Waals surface area (Å²) in [5.74, 6) is 0.676. The van der Waals surface area contributed by atoms with Crippen molar-refractivity contribution in [2.75, 3.05) is 0 Å². The van der Waals surface area contributed by atoms with Crippen LogP contribution in [-0.2, 0) is 0 Å². The zero-order valence-corrected chi connectivity index (χ0v) is 9.92. The summed E-state index contributed by atoms with van der Waals surface area (Å²) in [6.07, 6.45) is 5.28. The molecule has 0 nitrogen and oxygen atoms in total. The van der Waals surface area contributed by atoms with E-state index in [1.54, 1.807) is 11.3 Å². The van der Waals surface area contributed by atoms with E-state index in [4.69, 9.17) is 11.6 Å². The van der Waals surface area contributed by atoms with Crippen molar-refractivity contribution in [1.29, 1.82) is 0 Å². The summed E-state index contributed by atoms with van der Waals surface area (Å²) in [4.78, 5) is 0. The first kappa shape index (κ1) is 11.1. The van der Waals surface area contributed by atoms with Crippen LogP contribution in [0.1, 0.15) is 51.0 Å². The second kappa shape index (κ2) is 5.66. The monoisotopic (exact) mass is 216 g/mol. The van der Waals surface area contributed by atoms with Crippen molar-refractivity contribution >= 4 is 22.9 Å². The molecular formula is C11H17ClS. The molecule has 1 heterocycles. The van der Waals surface area contributed by atoms with E-state index in [1.807, 2.05) is 0 Å². The molecule has 1 unspecified atom stereocenters. The summed E-state index contributed by atoms with van der Waals surface area (Å²) in [6.45, 7) is 4.53. The molecule has 0 bridgehead atoms. The molecule has 74 valence electrons. The van der Waals surface area contributed by atoms with Gasteiger partial charge >= 0.3 is 0 Å². The van der Waals surface area contributed by atoms with Gasteiger partial charge in [-0.3, -0.25) is 0 Å². The Kier molecular flexibility index (Phi) is 4.82. The zero-order chi connectivity index (χ0) is 9.68. The summed E-state index contributed by atoms with van der Waals surface area (Å²) >= 11 is 7.52. The predicted octanol–water partition coefficient (Wildman–Crippen LogP) is 5.09. The fourth-order valence-electron chi connectivity index (χ4n) is 1.45. The molecule has 0 N–H and O–H groups in total. The van der Waals surface area contributed by atoms with E-state index in [1.165, 1.54) is 31.2 Å². The van der Waals surface area contributed by atoms with Crippen molar-refractivity contribution in [1.82, 2.24) is 0 Å². The van der Waals surface area contributed by atoms with Crippen molar-refractivity contribution in [2.24, 2.45) is 0 Å². The first-order valence-electron chi connectivity index (χ1n) is 4.98. The van der Waals surface area contributed by atoms with Crippen molar-refractivity contribution in [3.63, 3.8) is 0 Å². The van der Waals surface area contributed by atoms with Crippen LogP contribution in [0, 0.1) is 0 Å². The van der Waals surface area contributed by atoms with Crippen LogP contribution in [-0.4, -0.2) is 0 Å². The summed E-state index contributed by atoms with van der Waals surface area (Å²) < 4.78 is 0.914. The summed E-state index contributed by atoms with van der Waals surface area (Å²) in [5.41, 5.74) is 1.41. The lowest BCUT2D eigenvalue weighted by molar-refractivity contribution is 0.599. The summed E-state index contributed by atoms with van der Waals surface area (Å²) in [7, 11) is 0. The van der Waals surface area contributed by atoms with Crippen molar-refractivity contribution in [3.05, 3.63) is 21.3 Å². The molecule has 0 aliphatic rings. The topological polar surface area (TPSA) is 0 Å². The number of hydrogen-bond donors (Lipinski definition) is 0. The second-order valence-corrected chi connectivity index (χ2v) is 5.12. The van der Waals surface area contributed by atoms with E-state index in [2.05, 4.69) is 25.3 Å². The highest BCUT2D eigenvalue weighted by molar-refractivity contribution is 7.14. The maximum Gasteiger partial charge on any atom is 0.0931 e. The lowest BCUT2D eigenvalue weighted by Gasteiger charge is -2.08. The molecule has 0 fully saturated rings. The fraction of sp³-hybridized carbons (Fsp3) is 0.636. The Hall–Kier alpha value is -0.0100. The SMILES string of the molecule is CCCCCC(C)c1csc(Cl)c1. The lowest BCUT2D eigenvalue weighted by Crippen LogP contribution is -1.90. The Morgan fingerprint density at radius 2 is 2.23 bits per heavy atom. The van der Waals surface area contributed by atoms with E-state index in [-0.39, 0.29) is 0 Å². The van der Waals surface area contributed by atoms with Gasteiger partial charge in [-0.05, 0) is 29.3 Å². The standard InChI is InChI=1S/C11H17ClS/c1-3-4-5-6-9(2)10-7-11(12)13-8-10/h7-9H,3-6H2,1-2H3. The van der Waals surface area contributed by atoms with Gasteiger partial charge in [0.1, 0.15) is 0 Å². The number of unbranched alkanes of at least 4 members (excludes halogenated alkanes) is 2. The van der Waals surface area contributed by atoms with Gasteiger partial charge in [0, 0.05) is 0 Å². The minimum Gasteiger partial charge on any atom is -0.132 e. The molecule has 0 spiro atoms. The Labute approximate surface area is 89.9 Å². The first-order valence-corrected chi connectivity index (χ1v) is 6.23. The van der Waals surface area contributed by atoms with E-state index >= 15 is 0 Å². The Morgan fingerprint density at radius 3 is 2.77 bits per heavy atom. The van der Waals surface area contributed by atoms with E-state index in [0.717, 1.165) is 4.34 Å². The van der Waals surface area contributed by atoms with Crippen LogP contribution >= 0.6 is 22.9 Å². The highest BCUT2D eigenvalue weighted by Gasteiger charge is 2.06. The average Bonchev–Trinajstić information content (AvgIpc) is 2.52. The Bertz CT molecular complexity index is 242. The average molecular weight is 217 g/mol. The molecule has 1 atom stereocenters. The third-order valence-electron chi connectivity index (χ3n) is 2.40. The molecule has 0 aliphatic heterocycles. The molecule has 0 aliphatic carbocycles. The Balaban J connectivity index is 2.35. The minimum absolute atomic E-state index is 0.676. The largest absolute Gasteiger partial charge is 0.132 e. The fourth-order valence-corrected chi connectivity index (χ4v) is 2.46. The molecule has 1 aromatic heterocycles. The maximum absolute atomic E-state index is 5.88. The van der Waals surface area contributed by atoms with Crippen molar-refractivity contribution < 1.29 is 0 Å². The molecule has 0 saturated carbocycles. The molecule has 0 radical (unpaired) electrons. The smallest absolute Gasteiger partial charge is 0.0931 e. The molecule has 1 rings (SSSR count). The summed E-state index contributed by atoms with van der Waals surface area (Å²) in [6, 6.07) is 2.10. The van der Waals surface area contributed by atoms with Gasteiger partial charge in [-0.15, -0.1) is 11.3 Å². The highest BCUT2D eigenvalue weighted by atomic mass is 35.5. The van der Waals surface area contributed by atoms with Crippen LogP contribution < -0.4 is 0 Å². The minimum atomic E-state index is 0.676. The van der Waals surface area contributed by atoms with E-state index in [9.17, 15) is 0 Å². The third-order valence-corrected chi connectivity index (χ3v) is 3.51. The molecule has 0 saturated heterocycles. The van der Waals surface area contributed by atoms with Crippen molar-refractivity contribution in [2.45, 2.75) is 45.4 Å². The number of halogens is 1. The molecule has 0 amide bonds. The van der Waals surface area contributed by atoms with Crippen LogP contribution in [0.3, 0.4) is 0 Å². The first-order chi connectivity index (χ1) is 6.24. The van der Waals surface area contributed by atoms with Gasteiger partial charge in [0.25, 0.3) is 0 Å². The van der Waals surface area contributed by atoms with Crippen LogP contribution in [0.2, 0.25) is 4.34 Å². The van der Waals surface area contributed by atoms with Gasteiger partial charge in [0.15, 0.2) is 0 Å². The van der Waals surface area contributed by atoms with Gasteiger partial charge in [0.2, 0.25) is 0 Å². The van der Waals surface area contributed by atoms with Crippen LogP contribution in [0.4, 0.5) is 0 Å². The molecule has 1 aromatic rings. The molecule has 0 aromatic carbocycles. The van der Waals surface area contributed by atoms with Gasteiger partial charge in [-0.1, -0.05) is 44.7 Å². The predicted molar refractivity (Wildman–Crippen MR) is 61.9 cm³/mol. The van der Waals surface area contributed by atoms with E-state index < -0.39 is 0 Å². The Morgan fingerprint density at radius 1 is 1.46 bits per heavy atom. The normalized spacial score (nSPS) is 13.2. The highest BCUT2D eigenvalue weighted by Crippen LogP contribution is 2.28. The zero-order valence-electron chi connectivity index (χ0n) is 8.35. The molecule has 13 heavy (non-hydrogen) atoms. The number of thiophene rings is 1. The molecular weight excluding hydrogens is 200 g/mol. The number of hydrogen-bond acceptors (Lipinski definition) is 1. The van der Waals surface area contributed by atoms with Crippen LogP contribution in [0.5, 0.6) is 0 Å². The van der Waals surface area contributed by atoms with Gasteiger partial charge in [-0.25, -0.2) is 0 Å².